The summed E-state index contributed by atoms with van der Waals surface area (Å²) in [4.78, 5) is 3.54. The summed E-state index contributed by atoms with van der Waals surface area (Å²) in [6, 6.07) is 5.50. The average molecular weight is 394 g/mol. The number of aromatic amines is 1. The van der Waals surface area contributed by atoms with Crippen molar-refractivity contribution in [3.8, 4) is 0 Å². The molecular formula is C17H36NO3Zr-. The summed E-state index contributed by atoms with van der Waals surface area (Å²) in [7, 11) is 3.00. The number of hydrogen-bond donors (Lipinski definition) is 4. The molecule has 0 aliphatic heterocycles. The van der Waals surface area contributed by atoms with Gasteiger partial charge in [0.2, 0.25) is 0 Å². The summed E-state index contributed by atoms with van der Waals surface area (Å²) in [6.07, 6.45) is 2.28. The van der Waals surface area contributed by atoms with Crippen LogP contribution in [-0.4, -0.2) is 41.6 Å². The summed E-state index contributed by atoms with van der Waals surface area (Å²) in [6.45, 7) is 13.5. The van der Waals surface area contributed by atoms with Crippen molar-refractivity contribution in [1.29, 1.82) is 0 Å². The molecule has 0 amide bonds. The quantitative estimate of drug-likeness (QED) is 0.594. The van der Waals surface area contributed by atoms with Crippen molar-refractivity contribution in [2.24, 2.45) is 0 Å². The second kappa shape index (κ2) is 15.9. The van der Waals surface area contributed by atoms with Crippen molar-refractivity contribution in [1.82, 2.24) is 4.98 Å². The number of aromatic nitrogens is 1. The molecule has 4 N–H and O–H groups in total. The summed E-state index contributed by atoms with van der Waals surface area (Å²) in [5, 5.41) is 21.0. The van der Waals surface area contributed by atoms with Crippen LogP contribution in [0.3, 0.4) is 0 Å². The maximum Gasteiger partial charge on any atom is 0.0319 e. The first-order valence-corrected chi connectivity index (χ1v) is 7.29. The van der Waals surface area contributed by atoms with E-state index in [4.69, 9.17) is 15.3 Å². The van der Waals surface area contributed by atoms with Crippen molar-refractivity contribution in [3.05, 3.63) is 23.5 Å². The summed E-state index contributed by atoms with van der Waals surface area (Å²) in [5.74, 6) is 0. The molecule has 0 atom stereocenters. The van der Waals surface area contributed by atoms with Crippen LogP contribution in [0.4, 0.5) is 0 Å². The number of rotatable bonds is 4. The van der Waals surface area contributed by atoms with Gasteiger partial charge in [-0.2, -0.15) is 0 Å². The normalized spacial score (nSPS) is 9.82. The maximum absolute atomic E-state index is 7.00. The van der Waals surface area contributed by atoms with Crippen molar-refractivity contribution in [2.75, 3.05) is 21.3 Å². The minimum atomic E-state index is 0. The minimum absolute atomic E-state index is 0. The zero-order valence-corrected chi connectivity index (χ0v) is 18.3. The van der Waals surface area contributed by atoms with Gasteiger partial charge >= 0.3 is 0 Å². The van der Waals surface area contributed by atoms with Gasteiger partial charge in [-0.1, -0.05) is 59.1 Å². The van der Waals surface area contributed by atoms with E-state index in [9.17, 15) is 0 Å². The van der Waals surface area contributed by atoms with Gasteiger partial charge in [0.05, 0.1) is 0 Å². The first-order chi connectivity index (χ1) is 9.83. The Labute approximate surface area is 156 Å². The van der Waals surface area contributed by atoms with Gasteiger partial charge in [0.1, 0.15) is 0 Å². The number of nitrogens with one attached hydrogen (secondary N) is 1. The van der Waals surface area contributed by atoms with Crippen LogP contribution >= 0.6 is 0 Å². The van der Waals surface area contributed by atoms with E-state index in [1.54, 1.807) is 0 Å². The van der Waals surface area contributed by atoms with E-state index in [1.807, 2.05) is 0 Å². The Bertz CT molecular complexity index is 306. The SMILES string of the molecule is CCC(C)(C)c1[c-]cc(C(C)(C)CC)[nH]1.CO.CO.CO.[Zr]. The van der Waals surface area contributed by atoms with Crippen LogP contribution < -0.4 is 0 Å². The molecule has 1 aromatic rings. The fourth-order valence-electron chi connectivity index (χ4n) is 1.45. The Morgan fingerprint density at radius 2 is 1.23 bits per heavy atom. The van der Waals surface area contributed by atoms with E-state index in [2.05, 4.69) is 58.7 Å². The van der Waals surface area contributed by atoms with Crippen molar-refractivity contribution >= 4 is 0 Å². The smallest absolute Gasteiger partial charge is 0.0319 e. The molecule has 0 fully saturated rings. The molecule has 0 spiro atoms. The predicted molar refractivity (Wildman–Crippen MR) is 90.7 cm³/mol. The van der Waals surface area contributed by atoms with Gasteiger partial charge in [-0.25, -0.2) is 12.1 Å². The van der Waals surface area contributed by atoms with Crippen LogP contribution in [-0.2, 0) is 37.0 Å². The third-order valence-corrected chi connectivity index (χ3v) is 3.79. The van der Waals surface area contributed by atoms with Gasteiger partial charge in [0.25, 0.3) is 0 Å². The Kier molecular flexibility index (Phi) is 21.7. The van der Waals surface area contributed by atoms with Gasteiger partial charge in [-0.3, -0.25) is 0 Å². The van der Waals surface area contributed by atoms with E-state index < -0.39 is 0 Å². The van der Waals surface area contributed by atoms with Gasteiger partial charge in [-0.05, 0) is 11.8 Å². The minimum Gasteiger partial charge on any atom is -0.454 e. The van der Waals surface area contributed by atoms with Gasteiger partial charge in [-0.15, -0.1) is 5.69 Å². The second-order valence-corrected chi connectivity index (χ2v) is 5.68. The van der Waals surface area contributed by atoms with Crippen LogP contribution in [0.1, 0.15) is 65.8 Å². The maximum atomic E-state index is 7.00. The Morgan fingerprint density at radius 3 is 1.55 bits per heavy atom. The fraction of sp³-hybridized carbons (Fsp3) is 0.765. The molecule has 1 heterocycles. The molecule has 4 nitrogen and oxygen atoms in total. The van der Waals surface area contributed by atoms with E-state index >= 15 is 0 Å². The van der Waals surface area contributed by atoms with Crippen LogP contribution in [0.5, 0.6) is 0 Å². The molecule has 1 rings (SSSR count). The number of aliphatic hydroxyl groups is 3. The molecule has 0 saturated carbocycles. The third-order valence-electron chi connectivity index (χ3n) is 3.79. The molecular weight excluding hydrogens is 357 g/mol. The molecule has 0 bridgehead atoms. The van der Waals surface area contributed by atoms with E-state index in [-0.39, 0.29) is 37.0 Å². The summed E-state index contributed by atoms with van der Waals surface area (Å²) >= 11 is 0. The van der Waals surface area contributed by atoms with Crippen molar-refractivity contribution < 1.29 is 41.5 Å². The van der Waals surface area contributed by atoms with Gasteiger partial charge < -0.3 is 20.3 Å². The molecule has 0 unspecified atom stereocenters. The molecule has 5 heteroatoms. The Balaban J connectivity index is -0.000000206. The van der Waals surface area contributed by atoms with E-state index in [0.29, 0.717) is 0 Å². The molecule has 0 radical (unpaired) electrons. The topological polar surface area (TPSA) is 76.5 Å². The zero-order valence-electron chi connectivity index (χ0n) is 15.8. The third kappa shape index (κ3) is 9.94. The van der Waals surface area contributed by atoms with Crippen LogP contribution in [0.2, 0.25) is 0 Å². The molecule has 1 aromatic heterocycles. The molecule has 132 valence electrons. The molecule has 0 aliphatic rings. The molecule has 0 aromatic carbocycles. The predicted octanol–water partition coefficient (Wildman–Crippen LogP) is 3.01. The zero-order chi connectivity index (χ0) is 17.7. The van der Waals surface area contributed by atoms with Crippen LogP contribution in [0, 0.1) is 6.07 Å². The van der Waals surface area contributed by atoms with Crippen molar-refractivity contribution in [2.45, 2.75) is 65.2 Å². The number of aliphatic hydroxyl groups excluding tert-OH is 3. The molecule has 0 aliphatic carbocycles. The summed E-state index contributed by atoms with van der Waals surface area (Å²) in [5.41, 5.74) is 2.99. The molecule has 22 heavy (non-hydrogen) atoms. The molecule has 0 saturated heterocycles. The van der Waals surface area contributed by atoms with Crippen LogP contribution in [0.15, 0.2) is 6.07 Å². The van der Waals surface area contributed by atoms with Crippen LogP contribution in [0.25, 0.3) is 0 Å². The average Bonchev–Trinajstić information content (AvgIpc) is 3.05. The second-order valence-electron chi connectivity index (χ2n) is 5.68. The number of H-pyrrole nitrogens is 1. The van der Waals surface area contributed by atoms with Gasteiger partial charge in [0, 0.05) is 47.5 Å². The van der Waals surface area contributed by atoms with Crippen molar-refractivity contribution in [3.63, 3.8) is 0 Å². The van der Waals surface area contributed by atoms with E-state index in [0.717, 1.165) is 34.2 Å². The Hall–Kier alpha value is 0.0431. The van der Waals surface area contributed by atoms with Gasteiger partial charge in [0.15, 0.2) is 0 Å². The fourth-order valence-corrected chi connectivity index (χ4v) is 1.45. The Morgan fingerprint density at radius 1 is 0.864 bits per heavy atom. The largest absolute Gasteiger partial charge is 0.454 e. The monoisotopic (exact) mass is 392 g/mol. The standard InChI is InChI=1S/C14H24N.3CH4O.Zr/c1-7-13(3,4)11-9-10-12(15-11)14(5,6)8-2;3*1-2;/h9,15H,7-8H2,1-6H3;3*2H,1H3;/q-1;;;;. The number of hydrogen-bond acceptors (Lipinski definition) is 3. The first kappa shape index (κ1) is 30.0. The first-order valence-electron chi connectivity index (χ1n) is 7.29. The van der Waals surface area contributed by atoms with E-state index in [1.165, 1.54) is 11.4 Å². The summed E-state index contributed by atoms with van der Waals surface area (Å²) < 4.78 is 0.